The molecule has 0 saturated heterocycles. The summed E-state index contributed by atoms with van der Waals surface area (Å²) in [6, 6.07) is 88.0. The fourth-order valence-corrected chi connectivity index (χ4v) is 10.9. The average molecular weight is 871 g/mol. The second-order valence-electron chi connectivity index (χ2n) is 18.5. The number of para-hydroxylation sites is 2. The van der Waals surface area contributed by atoms with E-state index in [1.807, 2.05) is 12.1 Å². The third-order valence-electron chi connectivity index (χ3n) is 14.3. The summed E-state index contributed by atoms with van der Waals surface area (Å²) in [6.07, 6.45) is 0. The summed E-state index contributed by atoms with van der Waals surface area (Å²) in [5.41, 5.74) is 18.3. The van der Waals surface area contributed by atoms with Gasteiger partial charge in [-0.3, -0.25) is 0 Å². The van der Waals surface area contributed by atoms with Crippen molar-refractivity contribution in [2.24, 2.45) is 0 Å². The van der Waals surface area contributed by atoms with Crippen molar-refractivity contribution in [3.63, 3.8) is 0 Å². The molecule has 0 aliphatic heterocycles. The lowest BCUT2D eigenvalue weighted by atomic mass is 9.82. The Hall–Kier alpha value is -8.66. The van der Waals surface area contributed by atoms with E-state index in [4.69, 9.17) is 4.42 Å². The van der Waals surface area contributed by atoms with Crippen molar-refractivity contribution in [3.05, 3.63) is 254 Å². The van der Waals surface area contributed by atoms with Crippen molar-refractivity contribution in [3.8, 4) is 33.4 Å². The van der Waals surface area contributed by atoms with Crippen LogP contribution in [0.3, 0.4) is 0 Å². The van der Waals surface area contributed by atoms with Gasteiger partial charge in [-0.25, -0.2) is 0 Å². The van der Waals surface area contributed by atoms with Crippen molar-refractivity contribution in [1.29, 1.82) is 0 Å². The van der Waals surface area contributed by atoms with E-state index in [-0.39, 0.29) is 5.41 Å². The minimum absolute atomic E-state index is 0.0544. The number of benzene rings is 11. The maximum Gasteiger partial charge on any atom is 0.159 e. The maximum atomic E-state index is 6.62. The Morgan fingerprint density at radius 2 is 0.765 bits per heavy atom. The summed E-state index contributed by atoms with van der Waals surface area (Å²) in [4.78, 5) is 4.76. The summed E-state index contributed by atoms with van der Waals surface area (Å²) in [6.45, 7) is 4.68. The van der Waals surface area contributed by atoms with Gasteiger partial charge in [-0.2, -0.15) is 0 Å². The lowest BCUT2D eigenvalue weighted by Crippen LogP contribution is -2.15. The second kappa shape index (κ2) is 15.8. The third kappa shape index (κ3) is 6.42. The van der Waals surface area contributed by atoms with Gasteiger partial charge in [-0.05, 0) is 116 Å². The van der Waals surface area contributed by atoms with Crippen molar-refractivity contribution in [2.75, 3.05) is 9.80 Å². The molecule has 13 rings (SSSR count). The van der Waals surface area contributed by atoms with Gasteiger partial charge in [-0.15, -0.1) is 0 Å². The van der Waals surface area contributed by atoms with Gasteiger partial charge in [0.2, 0.25) is 0 Å². The standard InChI is InChI=1S/C65H46N2O/c1-65(2)58-23-9-7-20-54(58)57-42-51(40-41-59(57)65)66(60-24-11-16-47-14-3-5-18-52(47)60)49-36-32-45(33-37-49)43-28-30-44(31-29-43)46-34-38-50(39-35-46)67(61-25-12-17-48-15-4-6-19-53(48)61)62-26-13-22-56-55-21-8-10-27-63(55)68-64(56)62/h3-42H,1-2H3. The molecule has 11 aromatic carbocycles. The molecule has 0 atom stereocenters. The topological polar surface area (TPSA) is 19.6 Å². The Labute approximate surface area is 396 Å². The molecular weight excluding hydrogens is 825 g/mol. The largest absolute Gasteiger partial charge is 0.454 e. The van der Waals surface area contributed by atoms with E-state index in [1.165, 1.54) is 54.9 Å². The van der Waals surface area contributed by atoms with E-state index in [9.17, 15) is 0 Å². The van der Waals surface area contributed by atoms with Gasteiger partial charge in [0.25, 0.3) is 0 Å². The van der Waals surface area contributed by atoms with Gasteiger partial charge in [-0.1, -0.05) is 196 Å². The van der Waals surface area contributed by atoms with Crippen LogP contribution < -0.4 is 9.80 Å². The lowest BCUT2D eigenvalue weighted by molar-refractivity contribution is 0.660. The van der Waals surface area contributed by atoms with Crippen LogP contribution in [0.2, 0.25) is 0 Å². The predicted molar refractivity (Wildman–Crippen MR) is 287 cm³/mol. The molecule has 0 amide bonds. The molecule has 12 aromatic rings. The molecule has 0 unspecified atom stereocenters. The second-order valence-corrected chi connectivity index (χ2v) is 18.5. The van der Waals surface area contributed by atoms with E-state index < -0.39 is 0 Å². The Morgan fingerprint density at radius 1 is 0.324 bits per heavy atom. The molecule has 3 heteroatoms. The van der Waals surface area contributed by atoms with Crippen LogP contribution in [0.4, 0.5) is 34.1 Å². The quantitative estimate of drug-likeness (QED) is 0.152. The van der Waals surface area contributed by atoms with Crippen LogP contribution in [-0.2, 0) is 5.41 Å². The fourth-order valence-electron chi connectivity index (χ4n) is 10.9. The van der Waals surface area contributed by atoms with E-state index in [1.54, 1.807) is 0 Å². The van der Waals surface area contributed by atoms with E-state index >= 15 is 0 Å². The normalized spacial score (nSPS) is 12.7. The Balaban J connectivity index is 0.836. The number of furan rings is 1. The Morgan fingerprint density at radius 3 is 1.41 bits per heavy atom. The van der Waals surface area contributed by atoms with Crippen molar-refractivity contribution in [1.82, 2.24) is 0 Å². The van der Waals surface area contributed by atoms with Gasteiger partial charge in [0.05, 0.1) is 17.1 Å². The van der Waals surface area contributed by atoms with Gasteiger partial charge < -0.3 is 14.2 Å². The number of nitrogens with zero attached hydrogens (tertiary/aromatic N) is 2. The smallest absolute Gasteiger partial charge is 0.159 e. The van der Waals surface area contributed by atoms with Crippen LogP contribution in [-0.4, -0.2) is 0 Å². The summed E-state index contributed by atoms with van der Waals surface area (Å²) < 4.78 is 6.62. The maximum absolute atomic E-state index is 6.62. The highest BCUT2D eigenvalue weighted by Gasteiger charge is 2.35. The van der Waals surface area contributed by atoms with Crippen molar-refractivity contribution < 1.29 is 4.42 Å². The highest BCUT2D eigenvalue weighted by Crippen LogP contribution is 2.51. The zero-order chi connectivity index (χ0) is 45.3. The molecule has 0 fully saturated rings. The van der Waals surface area contributed by atoms with Crippen LogP contribution in [0.15, 0.2) is 247 Å². The first-order valence-corrected chi connectivity index (χ1v) is 23.5. The first-order chi connectivity index (χ1) is 33.5. The monoisotopic (exact) mass is 870 g/mol. The number of fused-ring (bicyclic) bond motifs is 8. The van der Waals surface area contributed by atoms with E-state index in [0.717, 1.165) is 67.2 Å². The highest BCUT2D eigenvalue weighted by molar-refractivity contribution is 6.11. The van der Waals surface area contributed by atoms with E-state index in [2.05, 4.69) is 254 Å². The van der Waals surface area contributed by atoms with Gasteiger partial charge in [0.15, 0.2) is 5.58 Å². The zero-order valence-electron chi connectivity index (χ0n) is 37.9. The number of rotatable bonds is 8. The van der Waals surface area contributed by atoms with Crippen LogP contribution in [0, 0.1) is 0 Å². The number of anilines is 6. The zero-order valence-corrected chi connectivity index (χ0v) is 37.9. The molecule has 3 nitrogen and oxygen atoms in total. The van der Waals surface area contributed by atoms with Crippen molar-refractivity contribution in [2.45, 2.75) is 19.3 Å². The Kier molecular flexibility index (Phi) is 9.19. The Bertz CT molecular complexity index is 3870. The molecule has 1 aliphatic carbocycles. The molecule has 0 saturated carbocycles. The molecule has 0 N–H and O–H groups in total. The minimum Gasteiger partial charge on any atom is -0.454 e. The summed E-state index contributed by atoms with van der Waals surface area (Å²) in [5.74, 6) is 0. The third-order valence-corrected chi connectivity index (χ3v) is 14.3. The van der Waals surface area contributed by atoms with E-state index in [0.29, 0.717) is 0 Å². The molecule has 1 aliphatic rings. The molecule has 0 spiro atoms. The SMILES string of the molecule is CC1(C)c2ccccc2-c2cc(N(c3ccc(-c4ccc(-c5ccc(N(c6cccc7ccccc67)c6cccc7c6oc6ccccc67)cc5)cc4)cc3)c3cccc4ccccc34)ccc21. The van der Waals surface area contributed by atoms with Crippen molar-refractivity contribution >= 4 is 77.6 Å². The molecule has 68 heavy (non-hydrogen) atoms. The first-order valence-electron chi connectivity index (χ1n) is 23.5. The molecule has 0 bridgehead atoms. The fraction of sp³-hybridized carbons (Fsp3) is 0.0462. The molecule has 0 radical (unpaired) electrons. The van der Waals surface area contributed by atoms with Crippen LogP contribution in [0.1, 0.15) is 25.0 Å². The molecule has 1 heterocycles. The average Bonchev–Trinajstić information content (AvgIpc) is 3.89. The summed E-state index contributed by atoms with van der Waals surface area (Å²) in [5, 5.41) is 7.02. The minimum atomic E-state index is -0.0544. The first kappa shape index (κ1) is 39.7. The van der Waals surface area contributed by atoms with Crippen LogP contribution in [0.25, 0.3) is 76.9 Å². The van der Waals surface area contributed by atoms with Crippen LogP contribution in [0.5, 0.6) is 0 Å². The summed E-state index contributed by atoms with van der Waals surface area (Å²) in [7, 11) is 0. The highest BCUT2D eigenvalue weighted by atomic mass is 16.3. The molecule has 1 aromatic heterocycles. The molecular formula is C65H46N2O. The van der Waals surface area contributed by atoms with Crippen LogP contribution >= 0.6 is 0 Å². The number of hydrogen-bond acceptors (Lipinski definition) is 3. The van der Waals surface area contributed by atoms with Gasteiger partial charge in [0, 0.05) is 44.0 Å². The summed E-state index contributed by atoms with van der Waals surface area (Å²) >= 11 is 0. The van der Waals surface area contributed by atoms with Gasteiger partial charge >= 0.3 is 0 Å². The van der Waals surface area contributed by atoms with Gasteiger partial charge in [0.1, 0.15) is 5.58 Å². The number of hydrogen-bond donors (Lipinski definition) is 0. The lowest BCUT2D eigenvalue weighted by Gasteiger charge is -2.28. The predicted octanol–water partition coefficient (Wildman–Crippen LogP) is 18.5. The molecule has 322 valence electrons.